The van der Waals surface area contributed by atoms with Crippen LogP contribution in [-0.4, -0.2) is 30.4 Å². The molecule has 2 fully saturated rings. The van der Waals surface area contributed by atoms with Crippen LogP contribution in [0.2, 0.25) is 0 Å². The van der Waals surface area contributed by atoms with Crippen LogP contribution in [0.15, 0.2) is 16.8 Å². The molecule has 0 aromatic carbocycles. The zero-order valence-corrected chi connectivity index (χ0v) is 11.7. The van der Waals surface area contributed by atoms with Gasteiger partial charge in [-0.2, -0.15) is 11.3 Å². The first kappa shape index (κ1) is 12.6. The lowest BCUT2D eigenvalue weighted by Crippen LogP contribution is -2.66. The van der Waals surface area contributed by atoms with Crippen molar-refractivity contribution < 1.29 is 9.84 Å². The van der Waals surface area contributed by atoms with Gasteiger partial charge in [0.25, 0.3) is 0 Å². The zero-order valence-electron chi connectivity index (χ0n) is 10.9. The van der Waals surface area contributed by atoms with E-state index in [-0.39, 0.29) is 5.41 Å². The van der Waals surface area contributed by atoms with Gasteiger partial charge in [0.05, 0.1) is 12.2 Å². The van der Waals surface area contributed by atoms with Crippen LogP contribution >= 0.6 is 11.3 Å². The molecule has 1 saturated heterocycles. The van der Waals surface area contributed by atoms with Crippen molar-refractivity contribution in [1.82, 2.24) is 5.32 Å². The second kappa shape index (κ2) is 4.60. The van der Waals surface area contributed by atoms with Crippen molar-refractivity contribution in [2.24, 2.45) is 11.3 Å². The molecule has 2 heterocycles. The SMILES string of the molecule is CC1(C)C(NCC(O)c2ccsc2)C2CCOC21. The monoisotopic (exact) mass is 267 g/mol. The van der Waals surface area contributed by atoms with E-state index < -0.39 is 6.10 Å². The van der Waals surface area contributed by atoms with Crippen LogP contribution in [0.25, 0.3) is 0 Å². The first-order valence-electron chi connectivity index (χ1n) is 6.66. The first-order chi connectivity index (χ1) is 8.60. The minimum absolute atomic E-state index is 0.190. The number of thiophene rings is 1. The van der Waals surface area contributed by atoms with Crippen LogP contribution in [0.5, 0.6) is 0 Å². The van der Waals surface area contributed by atoms with E-state index in [4.69, 9.17) is 4.74 Å². The fraction of sp³-hybridized carbons (Fsp3) is 0.714. The second-order valence-electron chi connectivity index (χ2n) is 6.02. The minimum Gasteiger partial charge on any atom is -0.387 e. The molecule has 2 aliphatic rings. The maximum atomic E-state index is 10.1. The summed E-state index contributed by atoms with van der Waals surface area (Å²) in [7, 11) is 0. The Morgan fingerprint density at radius 1 is 1.61 bits per heavy atom. The number of hydrogen-bond acceptors (Lipinski definition) is 4. The maximum absolute atomic E-state index is 10.1. The highest BCUT2D eigenvalue weighted by molar-refractivity contribution is 7.07. The van der Waals surface area contributed by atoms with Crippen LogP contribution in [0.1, 0.15) is 31.9 Å². The Morgan fingerprint density at radius 2 is 2.44 bits per heavy atom. The molecule has 3 rings (SSSR count). The van der Waals surface area contributed by atoms with Crippen molar-refractivity contribution in [2.45, 2.75) is 38.5 Å². The van der Waals surface area contributed by atoms with E-state index in [1.54, 1.807) is 11.3 Å². The van der Waals surface area contributed by atoms with Crippen molar-refractivity contribution in [3.8, 4) is 0 Å². The third-order valence-corrected chi connectivity index (χ3v) is 5.26. The number of nitrogens with one attached hydrogen (secondary N) is 1. The van der Waals surface area contributed by atoms with Crippen LogP contribution in [-0.2, 0) is 4.74 Å². The Morgan fingerprint density at radius 3 is 3.17 bits per heavy atom. The topological polar surface area (TPSA) is 41.5 Å². The molecular formula is C14H21NO2S. The van der Waals surface area contributed by atoms with E-state index in [9.17, 15) is 5.11 Å². The average molecular weight is 267 g/mol. The van der Waals surface area contributed by atoms with Gasteiger partial charge >= 0.3 is 0 Å². The number of ether oxygens (including phenoxy) is 1. The summed E-state index contributed by atoms with van der Waals surface area (Å²) in [6.07, 6.45) is 1.17. The summed E-state index contributed by atoms with van der Waals surface area (Å²) < 4.78 is 5.78. The highest BCUT2D eigenvalue weighted by Crippen LogP contribution is 2.52. The van der Waals surface area contributed by atoms with Crippen molar-refractivity contribution >= 4 is 11.3 Å². The quantitative estimate of drug-likeness (QED) is 0.878. The molecule has 2 N–H and O–H groups in total. The lowest BCUT2D eigenvalue weighted by atomic mass is 9.57. The molecule has 0 bridgehead atoms. The third kappa shape index (κ3) is 1.92. The molecule has 1 saturated carbocycles. The van der Waals surface area contributed by atoms with Gasteiger partial charge in [-0.05, 0) is 28.8 Å². The second-order valence-corrected chi connectivity index (χ2v) is 6.80. The number of rotatable bonds is 4. The van der Waals surface area contributed by atoms with Gasteiger partial charge < -0.3 is 15.2 Å². The van der Waals surface area contributed by atoms with Gasteiger partial charge in [0.1, 0.15) is 0 Å². The number of fused-ring (bicyclic) bond motifs is 1. The normalized spacial score (nSPS) is 34.9. The number of aliphatic hydroxyl groups is 1. The molecule has 100 valence electrons. The molecule has 1 aliphatic heterocycles. The van der Waals surface area contributed by atoms with Crippen molar-refractivity contribution in [2.75, 3.05) is 13.2 Å². The smallest absolute Gasteiger partial charge is 0.0922 e. The van der Waals surface area contributed by atoms with Gasteiger partial charge in [0.15, 0.2) is 0 Å². The lowest BCUT2D eigenvalue weighted by Gasteiger charge is -2.55. The van der Waals surface area contributed by atoms with E-state index in [0.717, 1.165) is 18.6 Å². The molecular weight excluding hydrogens is 246 g/mol. The van der Waals surface area contributed by atoms with E-state index in [1.807, 2.05) is 16.8 Å². The van der Waals surface area contributed by atoms with Gasteiger partial charge in [-0.25, -0.2) is 0 Å². The molecule has 18 heavy (non-hydrogen) atoms. The predicted octanol–water partition coefficient (Wildman–Crippen LogP) is 2.18. The lowest BCUT2D eigenvalue weighted by molar-refractivity contribution is -0.114. The van der Waals surface area contributed by atoms with Gasteiger partial charge in [0.2, 0.25) is 0 Å². The highest BCUT2D eigenvalue weighted by atomic mass is 32.1. The molecule has 1 aromatic heterocycles. The van der Waals surface area contributed by atoms with Gasteiger partial charge in [0, 0.05) is 30.5 Å². The summed E-state index contributed by atoms with van der Waals surface area (Å²) in [5.74, 6) is 0.634. The van der Waals surface area contributed by atoms with Crippen LogP contribution < -0.4 is 5.32 Å². The van der Waals surface area contributed by atoms with Gasteiger partial charge in [-0.1, -0.05) is 13.8 Å². The van der Waals surface area contributed by atoms with E-state index >= 15 is 0 Å². The summed E-state index contributed by atoms with van der Waals surface area (Å²) in [6.45, 7) is 6.04. The van der Waals surface area contributed by atoms with Gasteiger partial charge in [-0.15, -0.1) is 0 Å². The Balaban J connectivity index is 1.57. The fourth-order valence-corrected chi connectivity index (χ4v) is 4.27. The maximum Gasteiger partial charge on any atom is 0.0922 e. The van der Waals surface area contributed by atoms with Crippen molar-refractivity contribution in [3.63, 3.8) is 0 Å². The Hall–Kier alpha value is -0.420. The van der Waals surface area contributed by atoms with Crippen LogP contribution in [0.3, 0.4) is 0 Å². The van der Waals surface area contributed by atoms with Crippen LogP contribution in [0.4, 0.5) is 0 Å². The van der Waals surface area contributed by atoms with E-state index in [0.29, 0.717) is 24.6 Å². The minimum atomic E-state index is -0.395. The van der Waals surface area contributed by atoms with Gasteiger partial charge in [-0.3, -0.25) is 0 Å². The number of aliphatic hydroxyl groups excluding tert-OH is 1. The molecule has 4 unspecified atom stereocenters. The molecule has 1 aliphatic carbocycles. The molecule has 1 aromatic rings. The zero-order chi connectivity index (χ0) is 12.8. The summed E-state index contributed by atoms with van der Waals surface area (Å²) in [5.41, 5.74) is 1.21. The van der Waals surface area contributed by atoms with Crippen molar-refractivity contribution in [1.29, 1.82) is 0 Å². The Labute approximate surface area is 112 Å². The standard InChI is InChI=1S/C14H21NO2S/c1-14(2)12(10-3-5-17-13(10)14)15-7-11(16)9-4-6-18-8-9/h4,6,8,10-13,15-16H,3,5,7H2,1-2H3. The fourth-order valence-electron chi connectivity index (χ4n) is 3.56. The first-order valence-corrected chi connectivity index (χ1v) is 7.60. The molecule has 4 atom stereocenters. The summed E-state index contributed by atoms with van der Waals surface area (Å²) >= 11 is 1.63. The average Bonchev–Trinajstić information content (AvgIpc) is 2.98. The van der Waals surface area contributed by atoms with E-state index in [1.165, 1.54) is 0 Å². The summed E-state index contributed by atoms with van der Waals surface area (Å²) in [5, 5.41) is 17.7. The van der Waals surface area contributed by atoms with E-state index in [2.05, 4.69) is 19.2 Å². The summed E-state index contributed by atoms with van der Waals surface area (Å²) in [4.78, 5) is 0. The number of hydrogen-bond donors (Lipinski definition) is 2. The Kier molecular flexibility index (Phi) is 3.22. The predicted molar refractivity (Wildman–Crippen MR) is 72.7 cm³/mol. The molecule has 0 amide bonds. The largest absolute Gasteiger partial charge is 0.387 e. The summed E-state index contributed by atoms with van der Waals surface area (Å²) in [6, 6.07) is 2.46. The molecule has 4 heteroatoms. The van der Waals surface area contributed by atoms with Crippen LogP contribution in [0, 0.1) is 11.3 Å². The molecule has 0 spiro atoms. The Bertz CT molecular complexity index is 404. The van der Waals surface area contributed by atoms with Crippen molar-refractivity contribution in [3.05, 3.63) is 22.4 Å². The highest BCUT2D eigenvalue weighted by Gasteiger charge is 2.58. The molecule has 0 radical (unpaired) electrons. The third-order valence-electron chi connectivity index (χ3n) is 4.56. The molecule has 3 nitrogen and oxygen atoms in total.